The van der Waals surface area contributed by atoms with Gasteiger partial charge >= 0.3 is 0 Å². The molecule has 0 aliphatic carbocycles. The van der Waals surface area contributed by atoms with Crippen LogP contribution in [0.25, 0.3) is 0 Å². The normalized spacial score (nSPS) is 20.3. The van der Waals surface area contributed by atoms with Crippen LogP contribution in [-0.2, 0) is 17.8 Å². The summed E-state index contributed by atoms with van der Waals surface area (Å²) in [7, 11) is 2.13. The van der Waals surface area contributed by atoms with E-state index >= 15 is 0 Å². The van der Waals surface area contributed by atoms with Crippen LogP contribution < -0.4 is 4.90 Å². The van der Waals surface area contributed by atoms with Crippen LogP contribution in [0.3, 0.4) is 0 Å². The summed E-state index contributed by atoms with van der Waals surface area (Å²) < 4.78 is 5.55. The molecular weight excluding hydrogens is 336 g/mol. The first-order valence-corrected chi connectivity index (χ1v) is 10.1. The summed E-state index contributed by atoms with van der Waals surface area (Å²) in [4.78, 5) is 14.2. The molecule has 3 heterocycles. The molecule has 2 aliphatic rings. The van der Waals surface area contributed by atoms with Gasteiger partial charge < -0.3 is 9.64 Å². The highest BCUT2D eigenvalue weighted by Crippen LogP contribution is 2.27. The Morgan fingerprint density at radius 2 is 1.93 bits per heavy atom. The highest BCUT2D eigenvalue weighted by molar-refractivity contribution is 5.42. The van der Waals surface area contributed by atoms with Crippen LogP contribution in [0.5, 0.6) is 0 Å². The van der Waals surface area contributed by atoms with E-state index in [-0.39, 0.29) is 0 Å². The van der Waals surface area contributed by atoms with E-state index in [9.17, 15) is 0 Å². The predicted molar refractivity (Wildman–Crippen MR) is 108 cm³/mol. The van der Waals surface area contributed by atoms with Crippen molar-refractivity contribution >= 4 is 5.82 Å². The third kappa shape index (κ3) is 4.47. The Balaban J connectivity index is 1.51. The number of benzene rings is 1. The molecule has 1 aromatic heterocycles. The first-order valence-electron chi connectivity index (χ1n) is 10.1. The SMILES string of the molecule is Cc1nc(C2CCOC2)cc(N(C)Cc2ccccc2CN2CCCC2)n1. The largest absolute Gasteiger partial charge is 0.381 e. The van der Waals surface area contributed by atoms with E-state index in [1.54, 1.807) is 0 Å². The van der Waals surface area contributed by atoms with Gasteiger partial charge in [-0.1, -0.05) is 24.3 Å². The minimum absolute atomic E-state index is 0.404. The Kier molecular flexibility index (Phi) is 5.69. The molecule has 2 saturated heterocycles. The molecule has 0 amide bonds. The van der Waals surface area contributed by atoms with E-state index in [0.29, 0.717) is 5.92 Å². The van der Waals surface area contributed by atoms with E-state index in [1.165, 1.54) is 37.1 Å². The molecule has 0 radical (unpaired) electrons. The zero-order valence-electron chi connectivity index (χ0n) is 16.5. The number of rotatable bonds is 6. The third-order valence-corrected chi connectivity index (χ3v) is 5.70. The number of hydrogen-bond acceptors (Lipinski definition) is 5. The molecule has 0 N–H and O–H groups in total. The lowest BCUT2D eigenvalue weighted by molar-refractivity contribution is 0.193. The van der Waals surface area contributed by atoms with Crippen LogP contribution in [0.1, 0.15) is 47.8 Å². The number of hydrogen-bond donors (Lipinski definition) is 0. The summed E-state index contributed by atoms with van der Waals surface area (Å²) >= 11 is 0. The van der Waals surface area contributed by atoms with Crippen molar-refractivity contribution in [3.63, 3.8) is 0 Å². The van der Waals surface area contributed by atoms with Crippen molar-refractivity contribution in [2.24, 2.45) is 0 Å². The lowest BCUT2D eigenvalue weighted by Gasteiger charge is -2.23. The number of ether oxygens (including phenoxy) is 1. The molecule has 5 heteroatoms. The number of aryl methyl sites for hydroxylation is 1. The molecular formula is C22H30N4O. The monoisotopic (exact) mass is 366 g/mol. The molecule has 1 aromatic carbocycles. The van der Waals surface area contributed by atoms with Crippen LogP contribution >= 0.6 is 0 Å². The van der Waals surface area contributed by atoms with Gasteiger partial charge in [-0.3, -0.25) is 4.90 Å². The maximum absolute atomic E-state index is 5.55. The maximum atomic E-state index is 5.55. The molecule has 1 atom stereocenters. The van der Waals surface area contributed by atoms with E-state index < -0.39 is 0 Å². The van der Waals surface area contributed by atoms with Gasteiger partial charge in [-0.2, -0.15) is 0 Å². The van der Waals surface area contributed by atoms with Crippen LogP contribution in [0.2, 0.25) is 0 Å². The molecule has 144 valence electrons. The Hall–Kier alpha value is -1.98. The van der Waals surface area contributed by atoms with E-state index in [1.807, 2.05) is 6.92 Å². The molecule has 1 unspecified atom stereocenters. The minimum Gasteiger partial charge on any atom is -0.381 e. The number of nitrogens with zero attached hydrogens (tertiary/aromatic N) is 4. The second kappa shape index (κ2) is 8.36. The number of anilines is 1. The van der Waals surface area contributed by atoms with Crippen LogP contribution in [-0.4, -0.2) is 48.2 Å². The first kappa shape index (κ1) is 18.4. The number of likely N-dealkylation sites (tertiary alicyclic amines) is 1. The molecule has 0 saturated carbocycles. The van der Waals surface area contributed by atoms with Crippen molar-refractivity contribution in [1.82, 2.24) is 14.9 Å². The second-order valence-electron chi connectivity index (χ2n) is 7.87. The zero-order valence-corrected chi connectivity index (χ0v) is 16.5. The van der Waals surface area contributed by atoms with Gasteiger partial charge in [0.05, 0.1) is 12.3 Å². The summed E-state index contributed by atoms with van der Waals surface area (Å²) in [6.07, 6.45) is 3.71. The van der Waals surface area contributed by atoms with E-state index in [2.05, 4.69) is 52.2 Å². The van der Waals surface area contributed by atoms with Crippen molar-refractivity contribution in [3.05, 3.63) is 53.0 Å². The van der Waals surface area contributed by atoms with Gasteiger partial charge in [-0.25, -0.2) is 9.97 Å². The summed E-state index contributed by atoms with van der Waals surface area (Å²) in [5, 5.41) is 0. The second-order valence-corrected chi connectivity index (χ2v) is 7.87. The van der Waals surface area contributed by atoms with Crippen molar-refractivity contribution in [2.75, 3.05) is 38.3 Å². The molecule has 0 spiro atoms. The van der Waals surface area contributed by atoms with E-state index in [0.717, 1.165) is 50.1 Å². The van der Waals surface area contributed by atoms with Gasteiger partial charge in [0, 0.05) is 38.7 Å². The average Bonchev–Trinajstić information content (AvgIpc) is 3.36. The highest BCUT2D eigenvalue weighted by atomic mass is 16.5. The molecule has 2 aliphatic heterocycles. The smallest absolute Gasteiger partial charge is 0.132 e. The maximum Gasteiger partial charge on any atom is 0.132 e. The average molecular weight is 367 g/mol. The number of aromatic nitrogens is 2. The highest BCUT2D eigenvalue weighted by Gasteiger charge is 2.21. The summed E-state index contributed by atoms with van der Waals surface area (Å²) in [6, 6.07) is 11.0. The zero-order chi connectivity index (χ0) is 18.6. The van der Waals surface area contributed by atoms with Gasteiger partial charge in [0.25, 0.3) is 0 Å². The van der Waals surface area contributed by atoms with Gasteiger partial charge in [-0.15, -0.1) is 0 Å². The van der Waals surface area contributed by atoms with Gasteiger partial charge in [0.15, 0.2) is 0 Å². The fraction of sp³-hybridized carbons (Fsp3) is 0.545. The van der Waals surface area contributed by atoms with Crippen molar-refractivity contribution in [2.45, 2.75) is 45.2 Å². The molecule has 2 aromatic rings. The Morgan fingerprint density at radius 1 is 1.15 bits per heavy atom. The summed E-state index contributed by atoms with van der Waals surface area (Å²) in [6.45, 7) is 7.96. The summed E-state index contributed by atoms with van der Waals surface area (Å²) in [5.74, 6) is 2.24. The lowest BCUT2D eigenvalue weighted by atomic mass is 10.0. The minimum atomic E-state index is 0.404. The van der Waals surface area contributed by atoms with Gasteiger partial charge in [-0.05, 0) is 50.4 Å². The Labute approximate surface area is 162 Å². The molecule has 0 bridgehead atoms. The topological polar surface area (TPSA) is 41.5 Å². The molecule has 4 rings (SSSR count). The van der Waals surface area contributed by atoms with Gasteiger partial charge in [0.2, 0.25) is 0 Å². The quantitative estimate of drug-likeness (QED) is 0.782. The van der Waals surface area contributed by atoms with Crippen molar-refractivity contribution in [3.8, 4) is 0 Å². The first-order chi connectivity index (χ1) is 13.2. The van der Waals surface area contributed by atoms with Crippen LogP contribution in [0.15, 0.2) is 30.3 Å². The molecule has 2 fully saturated rings. The van der Waals surface area contributed by atoms with E-state index in [4.69, 9.17) is 9.72 Å². The van der Waals surface area contributed by atoms with Crippen LogP contribution in [0.4, 0.5) is 5.82 Å². The standard InChI is InChI=1S/C22H30N4O/c1-17-23-21(20-9-12-27-16-20)13-22(24-17)25(2)14-18-7-3-4-8-19(18)15-26-10-5-6-11-26/h3-4,7-8,13,20H,5-6,9-12,14-16H2,1-2H3. The predicted octanol–water partition coefficient (Wildman–Crippen LogP) is 3.52. The van der Waals surface area contributed by atoms with Crippen molar-refractivity contribution in [1.29, 1.82) is 0 Å². The fourth-order valence-corrected chi connectivity index (χ4v) is 4.13. The lowest BCUT2D eigenvalue weighted by Crippen LogP contribution is -2.23. The van der Waals surface area contributed by atoms with Crippen LogP contribution in [0, 0.1) is 6.92 Å². The van der Waals surface area contributed by atoms with Crippen molar-refractivity contribution < 1.29 is 4.74 Å². The Morgan fingerprint density at radius 3 is 2.67 bits per heavy atom. The Bertz CT molecular complexity index is 767. The molecule has 27 heavy (non-hydrogen) atoms. The third-order valence-electron chi connectivity index (χ3n) is 5.70. The summed E-state index contributed by atoms with van der Waals surface area (Å²) in [5.41, 5.74) is 3.93. The van der Waals surface area contributed by atoms with Gasteiger partial charge in [0.1, 0.15) is 11.6 Å². The fourth-order valence-electron chi connectivity index (χ4n) is 4.13. The molecule has 5 nitrogen and oxygen atoms in total.